The lowest BCUT2D eigenvalue weighted by molar-refractivity contribution is 0.0997. The van der Waals surface area contributed by atoms with Gasteiger partial charge in [0.25, 0.3) is 5.91 Å². The van der Waals surface area contributed by atoms with Crippen molar-refractivity contribution in [3.05, 3.63) is 75.7 Å². The Bertz CT molecular complexity index is 1500. The third-order valence-corrected chi connectivity index (χ3v) is 6.83. The molecule has 1 N–H and O–H groups in total. The van der Waals surface area contributed by atoms with E-state index in [0.29, 0.717) is 21.5 Å². The van der Waals surface area contributed by atoms with E-state index < -0.39 is 0 Å². The second-order valence-corrected chi connectivity index (χ2v) is 9.12. The number of furan rings is 1. The fourth-order valence-corrected chi connectivity index (χ4v) is 4.49. The molecule has 3 heterocycles. The zero-order valence-corrected chi connectivity index (χ0v) is 19.9. The monoisotopic (exact) mass is 497 g/mol. The van der Waals surface area contributed by atoms with Crippen LogP contribution in [0.4, 0.5) is 5.69 Å². The number of carbonyl (C=O) groups is 1. The van der Waals surface area contributed by atoms with E-state index in [0.717, 1.165) is 38.9 Å². The van der Waals surface area contributed by atoms with Gasteiger partial charge in [-0.2, -0.15) is 9.61 Å². The molecule has 5 aromatic rings. The van der Waals surface area contributed by atoms with Crippen LogP contribution < -0.4 is 5.32 Å². The minimum absolute atomic E-state index is 0.187. The number of anilines is 1. The van der Waals surface area contributed by atoms with Gasteiger partial charge in [-0.05, 0) is 48.9 Å². The molecule has 0 saturated carbocycles. The van der Waals surface area contributed by atoms with Gasteiger partial charge < -0.3 is 9.73 Å². The van der Waals surface area contributed by atoms with Gasteiger partial charge in [0.1, 0.15) is 10.8 Å². The Kier molecular flexibility index (Phi) is 5.65. The summed E-state index contributed by atoms with van der Waals surface area (Å²) in [6.45, 7) is 3.94. The molecule has 0 bridgehead atoms. The summed E-state index contributed by atoms with van der Waals surface area (Å²) in [6, 6.07) is 14.3. The maximum absolute atomic E-state index is 12.9. The first-order chi connectivity index (χ1) is 15.9. The Morgan fingerprint density at radius 1 is 1.06 bits per heavy atom. The summed E-state index contributed by atoms with van der Waals surface area (Å²) in [5, 5.41) is 17.5. The van der Waals surface area contributed by atoms with Gasteiger partial charge in [0.05, 0.1) is 10.0 Å². The molecule has 0 aliphatic rings. The number of nitrogens with zero attached hydrogens (tertiary/aromatic N) is 4. The van der Waals surface area contributed by atoms with E-state index in [1.54, 1.807) is 34.8 Å². The third-order valence-electron chi connectivity index (χ3n) is 5.14. The number of aryl methyl sites for hydroxylation is 2. The van der Waals surface area contributed by atoms with Crippen molar-refractivity contribution >= 4 is 51.1 Å². The highest BCUT2D eigenvalue weighted by Gasteiger charge is 2.16. The quantitative estimate of drug-likeness (QED) is 0.297. The molecule has 10 heteroatoms. The van der Waals surface area contributed by atoms with Gasteiger partial charge in [-0.3, -0.25) is 4.79 Å². The van der Waals surface area contributed by atoms with Gasteiger partial charge in [-0.15, -0.1) is 10.2 Å². The van der Waals surface area contributed by atoms with E-state index in [2.05, 4.69) is 20.6 Å². The highest BCUT2D eigenvalue weighted by Crippen LogP contribution is 2.31. The fourth-order valence-electron chi connectivity index (χ4n) is 3.33. The van der Waals surface area contributed by atoms with Crippen molar-refractivity contribution in [1.82, 2.24) is 19.8 Å². The summed E-state index contributed by atoms with van der Waals surface area (Å²) in [7, 11) is 0. The summed E-state index contributed by atoms with van der Waals surface area (Å²) in [6.07, 6.45) is 0.743. The SMILES string of the molecule is CCc1nnc2sc(-c3ccc(C)c(NC(=O)c4ccc(-c5ccc(Cl)c(Cl)c5)o4)c3)nn12. The largest absolute Gasteiger partial charge is 0.451 e. The predicted molar refractivity (Wildman–Crippen MR) is 130 cm³/mol. The van der Waals surface area contributed by atoms with Crippen LogP contribution in [0.5, 0.6) is 0 Å². The summed E-state index contributed by atoms with van der Waals surface area (Å²) < 4.78 is 7.52. The number of hydrogen-bond donors (Lipinski definition) is 1. The molecule has 2 aromatic carbocycles. The smallest absolute Gasteiger partial charge is 0.291 e. The Morgan fingerprint density at radius 2 is 1.88 bits per heavy atom. The molecule has 0 saturated heterocycles. The Morgan fingerprint density at radius 3 is 2.67 bits per heavy atom. The van der Waals surface area contributed by atoms with Crippen LogP contribution in [-0.2, 0) is 6.42 Å². The van der Waals surface area contributed by atoms with Gasteiger partial charge in [-0.1, -0.05) is 53.6 Å². The molecular weight excluding hydrogens is 481 g/mol. The molecule has 33 heavy (non-hydrogen) atoms. The summed E-state index contributed by atoms with van der Waals surface area (Å²) in [4.78, 5) is 13.6. The van der Waals surface area contributed by atoms with Gasteiger partial charge >= 0.3 is 0 Å². The number of rotatable bonds is 5. The lowest BCUT2D eigenvalue weighted by Crippen LogP contribution is -2.11. The molecule has 0 unspecified atom stereocenters. The van der Waals surface area contributed by atoms with Crippen LogP contribution in [0.3, 0.4) is 0 Å². The van der Waals surface area contributed by atoms with Gasteiger partial charge in [-0.25, -0.2) is 0 Å². The van der Waals surface area contributed by atoms with Crippen LogP contribution >= 0.6 is 34.5 Å². The molecule has 0 atom stereocenters. The van der Waals surface area contributed by atoms with Crippen molar-refractivity contribution in [2.75, 3.05) is 5.32 Å². The molecule has 5 rings (SSSR count). The highest BCUT2D eigenvalue weighted by atomic mass is 35.5. The van der Waals surface area contributed by atoms with Crippen molar-refractivity contribution in [1.29, 1.82) is 0 Å². The van der Waals surface area contributed by atoms with E-state index in [4.69, 9.17) is 27.6 Å². The van der Waals surface area contributed by atoms with Crippen molar-refractivity contribution in [2.24, 2.45) is 0 Å². The number of nitrogens with one attached hydrogen (secondary N) is 1. The minimum Gasteiger partial charge on any atom is -0.451 e. The number of amides is 1. The minimum atomic E-state index is -0.354. The average molecular weight is 498 g/mol. The van der Waals surface area contributed by atoms with Crippen molar-refractivity contribution in [2.45, 2.75) is 20.3 Å². The van der Waals surface area contributed by atoms with Gasteiger partial charge in [0, 0.05) is 23.2 Å². The molecule has 0 fully saturated rings. The first-order valence-electron chi connectivity index (χ1n) is 10.1. The summed E-state index contributed by atoms with van der Waals surface area (Å²) >= 11 is 13.5. The van der Waals surface area contributed by atoms with Gasteiger partial charge in [0.2, 0.25) is 4.96 Å². The lowest BCUT2D eigenvalue weighted by Gasteiger charge is -2.09. The first kappa shape index (κ1) is 21.6. The maximum atomic E-state index is 12.9. The molecule has 166 valence electrons. The number of carbonyl (C=O) groups excluding carboxylic acids is 1. The van der Waals surface area contributed by atoms with Crippen LogP contribution in [0, 0.1) is 6.92 Å². The molecule has 3 aromatic heterocycles. The van der Waals surface area contributed by atoms with Crippen LogP contribution in [0.15, 0.2) is 52.9 Å². The van der Waals surface area contributed by atoms with E-state index in [9.17, 15) is 4.79 Å². The second-order valence-electron chi connectivity index (χ2n) is 7.35. The normalized spacial score (nSPS) is 11.3. The Labute approximate surface area is 203 Å². The van der Waals surface area contributed by atoms with E-state index >= 15 is 0 Å². The molecule has 0 spiro atoms. The van der Waals surface area contributed by atoms with Gasteiger partial charge in [0.15, 0.2) is 11.6 Å². The van der Waals surface area contributed by atoms with E-state index in [1.165, 1.54) is 11.3 Å². The molecule has 1 amide bonds. The Balaban J connectivity index is 1.40. The van der Waals surface area contributed by atoms with E-state index in [1.807, 2.05) is 32.0 Å². The maximum Gasteiger partial charge on any atom is 0.291 e. The third kappa shape index (κ3) is 4.13. The fraction of sp³-hybridized carbons (Fsp3) is 0.130. The van der Waals surface area contributed by atoms with E-state index in [-0.39, 0.29) is 11.7 Å². The predicted octanol–water partition coefficient (Wildman–Crippen LogP) is 6.54. The van der Waals surface area contributed by atoms with Crippen LogP contribution in [0.1, 0.15) is 28.9 Å². The lowest BCUT2D eigenvalue weighted by atomic mass is 10.1. The number of benzene rings is 2. The highest BCUT2D eigenvalue weighted by molar-refractivity contribution is 7.19. The number of halogens is 2. The van der Waals surface area contributed by atoms with Crippen molar-refractivity contribution in [3.63, 3.8) is 0 Å². The average Bonchev–Trinajstić information content (AvgIpc) is 3.53. The zero-order valence-electron chi connectivity index (χ0n) is 17.6. The number of hydrogen-bond acceptors (Lipinski definition) is 6. The number of fused-ring (bicyclic) bond motifs is 1. The Hall–Kier alpha value is -3.20. The van der Waals surface area contributed by atoms with Crippen molar-refractivity contribution in [3.8, 4) is 21.9 Å². The summed E-state index contributed by atoms with van der Waals surface area (Å²) in [5.74, 6) is 1.17. The first-order valence-corrected chi connectivity index (χ1v) is 11.7. The molecule has 0 aliphatic carbocycles. The zero-order chi connectivity index (χ0) is 23.1. The second kappa shape index (κ2) is 8.62. The molecular formula is C23H17Cl2N5O2S. The topological polar surface area (TPSA) is 85.3 Å². The van der Waals surface area contributed by atoms with Crippen LogP contribution in [0.25, 0.3) is 26.9 Å². The molecule has 0 aliphatic heterocycles. The summed E-state index contributed by atoms with van der Waals surface area (Å²) in [5.41, 5.74) is 3.20. The standard InChI is InChI=1S/C23H17Cl2N5O2S/c1-3-20-27-28-23-30(20)29-22(33-23)14-5-4-12(2)17(11-14)26-21(31)19-9-8-18(32-19)13-6-7-15(24)16(25)10-13/h4-11H,3H2,1-2H3,(H,26,31). The van der Waals surface area contributed by atoms with Crippen LogP contribution in [-0.4, -0.2) is 25.7 Å². The van der Waals surface area contributed by atoms with Crippen molar-refractivity contribution < 1.29 is 9.21 Å². The molecule has 7 nitrogen and oxygen atoms in total. The number of aromatic nitrogens is 4. The molecule has 0 radical (unpaired) electrons. The van der Waals surface area contributed by atoms with Crippen LogP contribution in [0.2, 0.25) is 10.0 Å².